The molecule has 2 heterocycles. The SMILES string of the molecule is CC(C)c1cc(C(=O)NC(C)c2ccc(Cl)s2)cc(Cl)n1. The highest BCUT2D eigenvalue weighted by atomic mass is 35.5. The van der Waals surface area contributed by atoms with E-state index in [1.54, 1.807) is 12.1 Å². The van der Waals surface area contributed by atoms with Gasteiger partial charge < -0.3 is 5.32 Å². The second kappa shape index (κ2) is 6.77. The predicted molar refractivity (Wildman–Crippen MR) is 88.5 cm³/mol. The van der Waals surface area contributed by atoms with Crippen LogP contribution in [0, 0.1) is 0 Å². The van der Waals surface area contributed by atoms with E-state index in [0.29, 0.717) is 15.1 Å². The zero-order chi connectivity index (χ0) is 15.6. The Morgan fingerprint density at radius 1 is 1.24 bits per heavy atom. The van der Waals surface area contributed by atoms with Gasteiger partial charge in [-0.2, -0.15) is 0 Å². The Morgan fingerprint density at radius 2 is 1.95 bits per heavy atom. The lowest BCUT2D eigenvalue weighted by atomic mass is 10.1. The molecule has 3 nitrogen and oxygen atoms in total. The molecule has 1 unspecified atom stereocenters. The summed E-state index contributed by atoms with van der Waals surface area (Å²) in [5, 5.41) is 3.28. The fraction of sp³-hybridized carbons (Fsp3) is 0.333. The van der Waals surface area contributed by atoms with Crippen LogP contribution in [0.5, 0.6) is 0 Å². The number of amides is 1. The monoisotopic (exact) mass is 342 g/mol. The Hall–Kier alpha value is -1.10. The van der Waals surface area contributed by atoms with E-state index in [1.807, 2.05) is 32.9 Å². The van der Waals surface area contributed by atoms with Gasteiger partial charge in [-0.15, -0.1) is 11.3 Å². The Kier molecular flexibility index (Phi) is 5.25. The molecule has 0 spiro atoms. The number of halogens is 2. The molecule has 0 aliphatic heterocycles. The van der Waals surface area contributed by atoms with Gasteiger partial charge in [0.2, 0.25) is 0 Å². The van der Waals surface area contributed by atoms with E-state index in [0.717, 1.165) is 10.6 Å². The van der Waals surface area contributed by atoms with Gasteiger partial charge in [-0.3, -0.25) is 4.79 Å². The van der Waals surface area contributed by atoms with Crippen molar-refractivity contribution in [1.82, 2.24) is 10.3 Å². The standard InChI is InChI=1S/C15H16Cl2N2OS/c1-8(2)11-6-10(7-13(16)19-11)15(20)18-9(3)12-4-5-14(17)21-12/h4-9H,1-3H3,(H,18,20). The van der Waals surface area contributed by atoms with Gasteiger partial charge in [-0.25, -0.2) is 4.98 Å². The number of thiophene rings is 1. The van der Waals surface area contributed by atoms with Gasteiger partial charge in [-0.1, -0.05) is 37.0 Å². The Labute approximate surface area is 138 Å². The highest BCUT2D eigenvalue weighted by molar-refractivity contribution is 7.16. The molecule has 2 rings (SSSR count). The highest BCUT2D eigenvalue weighted by Gasteiger charge is 2.15. The van der Waals surface area contributed by atoms with Crippen molar-refractivity contribution in [3.8, 4) is 0 Å². The predicted octanol–water partition coefficient (Wildman–Crippen LogP) is 5.06. The van der Waals surface area contributed by atoms with Crippen LogP contribution in [0.4, 0.5) is 0 Å². The molecule has 0 saturated carbocycles. The number of aromatic nitrogens is 1. The van der Waals surface area contributed by atoms with Gasteiger partial charge in [0.05, 0.1) is 10.4 Å². The number of carbonyl (C=O) groups is 1. The molecule has 2 aromatic rings. The molecule has 0 aliphatic rings. The van der Waals surface area contributed by atoms with E-state index in [2.05, 4.69) is 10.3 Å². The molecule has 6 heteroatoms. The van der Waals surface area contributed by atoms with Crippen molar-refractivity contribution in [3.05, 3.63) is 49.9 Å². The minimum atomic E-state index is -0.168. The summed E-state index contributed by atoms with van der Waals surface area (Å²) in [6.07, 6.45) is 0. The van der Waals surface area contributed by atoms with Crippen LogP contribution >= 0.6 is 34.5 Å². The number of rotatable bonds is 4. The number of nitrogens with one attached hydrogen (secondary N) is 1. The second-order valence-corrected chi connectivity index (χ2v) is 7.23. The van der Waals surface area contributed by atoms with E-state index in [-0.39, 0.29) is 17.9 Å². The maximum absolute atomic E-state index is 12.3. The lowest BCUT2D eigenvalue weighted by Gasteiger charge is -2.13. The molecule has 0 radical (unpaired) electrons. The summed E-state index contributed by atoms with van der Waals surface area (Å²) in [7, 11) is 0. The fourth-order valence-electron chi connectivity index (χ4n) is 1.86. The smallest absolute Gasteiger partial charge is 0.251 e. The number of carbonyl (C=O) groups excluding carboxylic acids is 1. The van der Waals surface area contributed by atoms with Gasteiger partial charge in [0.25, 0.3) is 5.91 Å². The van der Waals surface area contributed by atoms with Crippen LogP contribution in [-0.2, 0) is 0 Å². The highest BCUT2D eigenvalue weighted by Crippen LogP contribution is 2.27. The third kappa shape index (κ3) is 4.19. The summed E-state index contributed by atoms with van der Waals surface area (Å²) in [5.41, 5.74) is 1.33. The Morgan fingerprint density at radius 3 is 2.52 bits per heavy atom. The molecule has 21 heavy (non-hydrogen) atoms. The lowest BCUT2D eigenvalue weighted by Crippen LogP contribution is -2.26. The van der Waals surface area contributed by atoms with Crippen molar-refractivity contribution in [3.63, 3.8) is 0 Å². The van der Waals surface area contributed by atoms with Crippen molar-refractivity contribution < 1.29 is 4.79 Å². The molecule has 1 N–H and O–H groups in total. The van der Waals surface area contributed by atoms with Crippen LogP contribution in [-0.4, -0.2) is 10.9 Å². The first-order valence-corrected chi connectivity index (χ1v) is 8.17. The molecule has 1 amide bonds. The Bertz CT molecular complexity index is 655. The molecule has 0 fully saturated rings. The molecule has 0 saturated heterocycles. The van der Waals surface area contributed by atoms with Crippen molar-refractivity contribution in [2.45, 2.75) is 32.7 Å². The maximum Gasteiger partial charge on any atom is 0.251 e. The fourth-order valence-corrected chi connectivity index (χ4v) is 3.13. The zero-order valence-electron chi connectivity index (χ0n) is 12.0. The quantitative estimate of drug-likeness (QED) is 0.788. The van der Waals surface area contributed by atoms with Crippen LogP contribution in [0.15, 0.2) is 24.3 Å². The zero-order valence-corrected chi connectivity index (χ0v) is 14.3. The maximum atomic E-state index is 12.3. The van der Waals surface area contributed by atoms with Gasteiger partial charge in [-0.05, 0) is 37.1 Å². The van der Waals surface area contributed by atoms with Crippen LogP contribution < -0.4 is 5.32 Å². The van der Waals surface area contributed by atoms with Crippen LogP contribution in [0.1, 0.15) is 53.7 Å². The normalized spacial score (nSPS) is 12.5. The van der Waals surface area contributed by atoms with Crippen molar-refractivity contribution in [2.75, 3.05) is 0 Å². The van der Waals surface area contributed by atoms with E-state index in [9.17, 15) is 4.79 Å². The van der Waals surface area contributed by atoms with E-state index in [1.165, 1.54) is 11.3 Å². The summed E-state index contributed by atoms with van der Waals surface area (Å²) in [4.78, 5) is 17.6. The van der Waals surface area contributed by atoms with E-state index >= 15 is 0 Å². The topological polar surface area (TPSA) is 42.0 Å². The largest absolute Gasteiger partial charge is 0.345 e. The second-order valence-electron chi connectivity index (χ2n) is 5.10. The number of pyridine rings is 1. The van der Waals surface area contributed by atoms with E-state index < -0.39 is 0 Å². The van der Waals surface area contributed by atoms with E-state index in [4.69, 9.17) is 23.2 Å². The van der Waals surface area contributed by atoms with Crippen molar-refractivity contribution >= 4 is 40.4 Å². The summed E-state index contributed by atoms with van der Waals surface area (Å²) in [5.74, 6) is 0.0435. The molecule has 112 valence electrons. The van der Waals surface area contributed by atoms with Gasteiger partial charge >= 0.3 is 0 Å². The molecule has 0 bridgehead atoms. The summed E-state index contributed by atoms with van der Waals surface area (Å²) in [6.45, 7) is 5.94. The molecular formula is C15H16Cl2N2OS. The first-order valence-electron chi connectivity index (χ1n) is 6.60. The molecule has 0 aromatic carbocycles. The first-order chi connectivity index (χ1) is 9.86. The van der Waals surface area contributed by atoms with Crippen LogP contribution in [0.2, 0.25) is 9.49 Å². The number of nitrogens with zero attached hydrogens (tertiary/aromatic N) is 1. The summed E-state index contributed by atoms with van der Waals surface area (Å²) >= 11 is 13.4. The third-order valence-corrected chi connectivity index (χ3v) is 4.64. The van der Waals surface area contributed by atoms with Gasteiger partial charge in [0.1, 0.15) is 5.15 Å². The molecule has 1 atom stereocenters. The lowest BCUT2D eigenvalue weighted by molar-refractivity contribution is 0.0940. The summed E-state index contributed by atoms with van der Waals surface area (Å²) in [6, 6.07) is 6.99. The number of hydrogen-bond acceptors (Lipinski definition) is 3. The van der Waals surface area contributed by atoms with Crippen LogP contribution in [0.3, 0.4) is 0 Å². The first kappa shape index (κ1) is 16.3. The van der Waals surface area contributed by atoms with Crippen LogP contribution in [0.25, 0.3) is 0 Å². The van der Waals surface area contributed by atoms with Gasteiger partial charge in [0, 0.05) is 16.1 Å². The van der Waals surface area contributed by atoms with Crippen molar-refractivity contribution in [1.29, 1.82) is 0 Å². The Balaban J connectivity index is 2.16. The minimum Gasteiger partial charge on any atom is -0.345 e. The number of hydrogen-bond donors (Lipinski definition) is 1. The molecule has 0 aliphatic carbocycles. The molecule has 2 aromatic heterocycles. The van der Waals surface area contributed by atoms with Crippen molar-refractivity contribution in [2.24, 2.45) is 0 Å². The minimum absolute atomic E-state index is 0.107. The molecular weight excluding hydrogens is 327 g/mol. The van der Waals surface area contributed by atoms with Gasteiger partial charge in [0.15, 0.2) is 0 Å². The summed E-state index contributed by atoms with van der Waals surface area (Å²) < 4.78 is 0.708. The average Bonchev–Trinajstić information content (AvgIpc) is 2.84. The third-order valence-electron chi connectivity index (χ3n) is 3.04. The average molecular weight is 343 g/mol.